The molecule has 3 amide bonds. The molecule has 0 aromatic heterocycles. The maximum Gasteiger partial charge on any atom is 0.243 e. The largest absolute Gasteiger partial charge is 0.370 e. The van der Waals surface area contributed by atoms with Crippen LogP contribution in [0.2, 0.25) is 0 Å². The van der Waals surface area contributed by atoms with Crippen LogP contribution in [0, 0.1) is 5.41 Å². The second-order valence-corrected chi connectivity index (χ2v) is 13.1. The van der Waals surface area contributed by atoms with Crippen molar-refractivity contribution in [3.63, 3.8) is 0 Å². The molecule has 5 rings (SSSR count). The maximum absolute atomic E-state index is 13.7. The monoisotopic (exact) mass is 583 g/mol. The summed E-state index contributed by atoms with van der Waals surface area (Å²) in [6.07, 6.45) is 5.98. The van der Waals surface area contributed by atoms with Gasteiger partial charge in [0.15, 0.2) is 5.96 Å². The van der Waals surface area contributed by atoms with Crippen LogP contribution in [0.4, 0.5) is 0 Å². The maximum atomic E-state index is 13.7. The van der Waals surface area contributed by atoms with E-state index in [4.69, 9.17) is 11.1 Å². The van der Waals surface area contributed by atoms with Gasteiger partial charge in [0.1, 0.15) is 11.1 Å². The molecule has 0 spiro atoms. The Hall–Kier alpha value is -3.28. The van der Waals surface area contributed by atoms with E-state index in [1.165, 1.54) is 0 Å². The number of carbonyl (C=O) groups excluding carboxylic acids is 3. The summed E-state index contributed by atoms with van der Waals surface area (Å²) < 4.78 is 12.5. The number of hydrogen-bond donors (Lipinski definition) is 3. The van der Waals surface area contributed by atoms with Crippen molar-refractivity contribution in [1.82, 2.24) is 20.0 Å². The van der Waals surface area contributed by atoms with Gasteiger partial charge < -0.3 is 25.8 Å². The smallest absolute Gasteiger partial charge is 0.243 e. The molecule has 3 saturated heterocycles. The topological polar surface area (TPSA) is 152 Å². The normalized spacial score (nSPS) is 26.9. The lowest BCUT2D eigenvalue weighted by Gasteiger charge is -2.40. The summed E-state index contributed by atoms with van der Waals surface area (Å²) in [5.74, 6) is 0.0836. The van der Waals surface area contributed by atoms with Crippen LogP contribution in [-0.2, 0) is 31.6 Å². The van der Waals surface area contributed by atoms with Gasteiger partial charge in [-0.15, -0.1) is 0 Å². The zero-order valence-corrected chi connectivity index (χ0v) is 24.3. The lowest BCUT2D eigenvalue weighted by molar-refractivity contribution is -0.151. The molecule has 5 unspecified atom stereocenters. The number of guanidine groups is 1. The van der Waals surface area contributed by atoms with E-state index in [1.807, 2.05) is 35.2 Å². The Labute approximate surface area is 243 Å². The summed E-state index contributed by atoms with van der Waals surface area (Å²) in [4.78, 5) is 49.5. The molecular formula is C29H41N7O4S. The Morgan fingerprint density at radius 2 is 1.98 bits per heavy atom. The number of piperazine rings is 1. The SMILES string of the molecule is N=C(N)N1CCCCC1CC(CC1=NCCS1=O)NC(=O)C1CCC2CN(C(=O)CCc3ccccc3)CC(=O)N21. The van der Waals surface area contributed by atoms with Crippen LogP contribution in [0.15, 0.2) is 35.3 Å². The van der Waals surface area contributed by atoms with Gasteiger partial charge in [-0.25, -0.2) is 0 Å². The lowest BCUT2D eigenvalue weighted by atomic mass is 9.94. The quantitative estimate of drug-likeness (QED) is 0.291. The fourth-order valence-electron chi connectivity index (χ4n) is 6.70. The molecule has 222 valence electrons. The molecule has 12 heteroatoms. The van der Waals surface area contributed by atoms with Gasteiger partial charge in [0.2, 0.25) is 17.7 Å². The molecule has 1 aromatic carbocycles. The van der Waals surface area contributed by atoms with Crippen molar-refractivity contribution in [2.75, 3.05) is 31.9 Å². The molecule has 1 aromatic rings. The van der Waals surface area contributed by atoms with Crippen molar-refractivity contribution in [3.05, 3.63) is 35.9 Å². The highest BCUT2D eigenvalue weighted by atomic mass is 32.2. The number of fused-ring (bicyclic) bond motifs is 1. The molecule has 4 aliphatic heterocycles. The summed E-state index contributed by atoms with van der Waals surface area (Å²) in [5.41, 5.74) is 6.95. The van der Waals surface area contributed by atoms with Gasteiger partial charge >= 0.3 is 0 Å². The van der Waals surface area contributed by atoms with Crippen LogP contribution in [-0.4, -0.2) is 104 Å². The molecule has 0 aliphatic carbocycles. The Balaban J connectivity index is 1.22. The minimum Gasteiger partial charge on any atom is -0.370 e. The van der Waals surface area contributed by atoms with Crippen LogP contribution in [0.5, 0.6) is 0 Å². The Kier molecular flexibility index (Phi) is 9.36. The highest BCUT2D eigenvalue weighted by molar-refractivity contribution is 8.00. The zero-order chi connectivity index (χ0) is 28.9. The number of hydrogen-bond acceptors (Lipinski definition) is 6. The number of benzene rings is 1. The summed E-state index contributed by atoms with van der Waals surface area (Å²) in [6.45, 7) is 1.67. The van der Waals surface area contributed by atoms with E-state index in [0.29, 0.717) is 69.0 Å². The Morgan fingerprint density at radius 3 is 2.71 bits per heavy atom. The number of piperidine rings is 1. The van der Waals surface area contributed by atoms with Crippen molar-refractivity contribution < 1.29 is 18.6 Å². The van der Waals surface area contributed by atoms with Crippen LogP contribution in [0.3, 0.4) is 0 Å². The molecule has 4 N–H and O–H groups in total. The molecule has 4 aliphatic rings. The van der Waals surface area contributed by atoms with E-state index in [1.54, 1.807) is 9.80 Å². The van der Waals surface area contributed by atoms with E-state index in [-0.39, 0.29) is 48.4 Å². The third-order valence-electron chi connectivity index (χ3n) is 8.76. The Morgan fingerprint density at radius 1 is 1.17 bits per heavy atom. The standard InChI is InChI=1S/C29H41N7O4S/c30-29(31)35-14-5-4-8-22(35)16-21(17-25-32-13-15-41(25)40)33-28(39)24-11-10-23-18-34(19-27(38)36(23)24)26(37)12-9-20-6-2-1-3-7-20/h1-3,6-7,21-24H,4-5,8-19H2,(H3,30,31)(H,33,39). The van der Waals surface area contributed by atoms with Crippen molar-refractivity contribution in [2.24, 2.45) is 10.7 Å². The number of aryl methyl sites for hydroxylation is 1. The van der Waals surface area contributed by atoms with E-state index >= 15 is 0 Å². The minimum atomic E-state index is -1.14. The van der Waals surface area contributed by atoms with E-state index in [2.05, 4.69) is 10.3 Å². The highest BCUT2D eigenvalue weighted by Crippen LogP contribution is 2.30. The van der Waals surface area contributed by atoms with Crippen molar-refractivity contribution >= 4 is 39.5 Å². The van der Waals surface area contributed by atoms with Crippen LogP contribution in [0.25, 0.3) is 0 Å². The molecule has 11 nitrogen and oxygen atoms in total. The summed E-state index contributed by atoms with van der Waals surface area (Å²) in [7, 11) is -1.14. The number of nitrogens with zero attached hydrogens (tertiary/aromatic N) is 4. The van der Waals surface area contributed by atoms with E-state index in [0.717, 1.165) is 24.8 Å². The fourth-order valence-corrected chi connectivity index (χ4v) is 7.81. The number of aliphatic imine (C=N–C) groups is 1. The van der Waals surface area contributed by atoms with Crippen LogP contribution >= 0.6 is 0 Å². The molecule has 3 fully saturated rings. The number of likely N-dealkylation sites (tertiary alicyclic amines) is 1. The highest BCUT2D eigenvalue weighted by Gasteiger charge is 2.46. The first-order chi connectivity index (χ1) is 19.8. The molecule has 0 saturated carbocycles. The van der Waals surface area contributed by atoms with E-state index < -0.39 is 16.8 Å². The first-order valence-electron chi connectivity index (χ1n) is 14.8. The van der Waals surface area contributed by atoms with Gasteiger partial charge in [0, 0.05) is 43.8 Å². The minimum absolute atomic E-state index is 0.00499. The van der Waals surface area contributed by atoms with Gasteiger partial charge in [-0.2, -0.15) is 0 Å². The van der Waals surface area contributed by atoms with Gasteiger partial charge in [0.25, 0.3) is 0 Å². The molecule has 0 radical (unpaired) electrons. The van der Waals surface area contributed by atoms with E-state index in [9.17, 15) is 18.6 Å². The second kappa shape index (κ2) is 13.1. The number of rotatable bonds is 9. The molecular weight excluding hydrogens is 542 g/mol. The van der Waals surface area contributed by atoms with Crippen molar-refractivity contribution in [1.29, 1.82) is 5.41 Å². The molecule has 5 atom stereocenters. The zero-order valence-electron chi connectivity index (χ0n) is 23.5. The molecule has 4 heterocycles. The predicted molar refractivity (Wildman–Crippen MR) is 158 cm³/mol. The number of carbonyl (C=O) groups is 3. The summed E-state index contributed by atoms with van der Waals surface area (Å²) >= 11 is 0. The lowest BCUT2D eigenvalue weighted by Crippen LogP contribution is -2.60. The van der Waals surface area contributed by atoms with Gasteiger partial charge in [-0.3, -0.25) is 29.0 Å². The second-order valence-electron chi connectivity index (χ2n) is 11.5. The Bertz CT molecular complexity index is 1210. The first-order valence-corrected chi connectivity index (χ1v) is 16.1. The average Bonchev–Trinajstić information content (AvgIpc) is 3.58. The van der Waals surface area contributed by atoms with Crippen molar-refractivity contribution in [3.8, 4) is 0 Å². The van der Waals surface area contributed by atoms with Gasteiger partial charge in [0.05, 0.1) is 29.9 Å². The van der Waals surface area contributed by atoms with Crippen LogP contribution in [0.1, 0.15) is 56.9 Å². The molecule has 41 heavy (non-hydrogen) atoms. The summed E-state index contributed by atoms with van der Waals surface area (Å²) in [6, 6.07) is 8.73. The van der Waals surface area contributed by atoms with Gasteiger partial charge in [-0.05, 0) is 50.5 Å². The predicted octanol–water partition coefficient (Wildman–Crippen LogP) is 0.995. The first kappa shape index (κ1) is 29.2. The average molecular weight is 584 g/mol. The van der Waals surface area contributed by atoms with Crippen LogP contribution < -0.4 is 11.1 Å². The third-order valence-corrected chi connectivity index (χ3v) is 10.1. The fraction of sp³-hybridized carbons (Fsp3) is 0.621. The number of nitrogens with two attached hydrogens (primary N) is 1. The number of nitrogens with one attached hydrogen (secondary N) is 2. The number of amides is 3. The molecule has 0 bridgehead atoms. The summed E-state index contributed by atoms with van der Waals surface area (Å²) in [5, 5.41) is 11.8. The third kappa shape index (κ3) is 6.97. The van der Waals surface area contributed by atoms with Crippen molar-refractivity contribution in [2.45, 2.75) is 82.0 Å². The van der Waals surface area contributed by atoms with Gasteiger partial charge in [-0.1, -0.05) is 30.3 Å².